The van der Waals surface area contributed by atoms with E-state index in [9.17, 15) is 4.79 Å². The molecule has 1 N–H and O–H groups in total. The van der Waals surface area contributed by atoms with Gasteiger partial charge in [-0.25, -0.2) is 9.97 Å². The number of hydrogen-bond acceptors (Lipinski definition) is 5. The van der Waals surface area contributed by atoms with E-state index in [4.69, 9.17) is 4.42 Å². The van der Waals surface area contributed by atoms with E-state index in [1.807, 2.05) is 30.0 Å². The van der Waals surface area contributed by atoms with E-state index >= 15 is 0 Å². The molecule has 0 aliphatic carbocycles. The van der Waals surface area contributed by atoms with Crippen LogP contribution >= 0.6 is 0 Å². The Bertz CT molecular complexity index is 933. The molecule has 6 heteroatoms. The topological polar surface area (TPSA) is 71.3 Å². The second-order valence-electron chi connectivity index (χ2n) is 7.58. The zero-order valence-corrected chi connectivity index (χ0v) is 16.7. The van der Waals surface area contributed by atoms with Gasteiger partial charge >= 0.3 is 0 Å². The Morgan fingerprint density at radius 2 is 1.93 bits per heavy atom. The van der Waals surface area contributed by atoms with Crippen molar-refractivity contribution in [2.45, 2.75) is 32.7 Å². The van der Waals surface area contributed by atoms with Crippen LogP contribution in [-0.2, 0) is 13.0 Å². The fourth-order valence-electron chi connectivity index (χ4n) is 3.79. The van der Waals surface area contributed by atoms with Crippen LogP contribution in [0.1, 0.15) is 40.3 Å². The van der Waals surface area contributed by atoms with Crippen LogP contribution in [0.4, 0.5) is 5.95 Å². The molecule has 150 valence electrons. The Morgan fingerprint density at radius 1 is 1.14 bits per heavy atom. The lowest BCUT2D eigenvalue weighted by atomic mass is 9.90. The van der Waals surface area contributed by atoms with Gasteiger partial charge in [0.15, 0.2) is 0 Å². The van der Waals surface area contributed by atoms with Gasteiger partial charge in [0.1, 0.15) is 11.5 Å². The third kappa shape index (κ3) is 5.02. The van der Waals surface area contributed by atoms with Gasteiger partial charge < -0.3 is 14.6 Å². The van der Waals surface area contributed by atoms with Gasteiger partial charge in [0.25, 0.3) is 5.91 Å². The number of likely N-dealkylation sites (tertiary alicyclic amines) is 1. The number of aryl methyl sites for hydroxylation is 1. The van der Waals surface area contributed by atoms with E-state index in [2.05, 4.69) is 39.6 Å². The number of carbonyl (C=O) groups excluding carboxylic acids is 1. The molecular weight excluding hydrogens is 364 g/mol. The molecule has 0 spiro atoms. The molecule has 4 rings (SSSR count). The number of furan rings is 1. The molecule has 6 nitrogen and oxygen atoms in total. The van der Waals surface area contributed by atoms with Gasteiger partial charge in [-0.05, 0) is 55.9 Å². The maximum absolute atomic E-state index is 13.0. The molecule has 3 heterocycles. The molecule has 1 saturated heterocycles. The highest BCUT2D eigenvalue weighted by molar-refractivity contribution is 5.92. The Morgan fingerprint density at radius 3 is 2.66 bits per heavy atom. The predicted molar refractivity (Wildman–Crippen MR) is 112 cm³/mol. The largest absolute Gasteiger partial charge is 0.467 e. The van der Waals surface area contributed by atoms with E-state index in [1.54, 1.807) is 12.3 Å². The van der Waals surface area contributed by atoms with Gasteiger partial charge in [-0.3, -0.25) is 4.79 Å². The Kier molecular flexibility index (Phi) is 5.89. The summed E-state index contributed by atoms with van der Waals surface area (Å²) in [5, 5.41) is 3.13. The molecule has 1 aromatic carbocycles. The number of hydrogen-bond donors (Lipinski definition) is 1. The van der Waals surface area contributed by atoms with E-state index in [1.165, 1.54) is 5.56 Å². The molecule has 2 aromatic heterocycles. The van der Waals surface area contributed by atoms with E-state index in [-0.39, 0.29) is 5.91 Å². The van der Waals surface area contributed by atoms with Crippen LogP contribution < -0.4 is 5.32 Å². The molecule has 1 aliphatic heterocycles. The summed E-state index contributed by atoms with van der Waals surface area (Å²) >= 11 is 0. The van der Waals surface area contributed by atoms with Crippen LogP contribution in [0.15, 0.2) is 59.2 Å². The van der Waals surface area contributed by atoms with Crippen molar-refractivity contribution in [2.24, 2.45) is 5.92 Å². The fraction of sp³-hybridized carbons (Fsp3) is 0.348. The summed E-state index contributed by atoms with van der Waals surface area (Å²) in [6.45, 7) is 3.90. The Balaban J connectivity index is 1.35. The molecule has 1 fully saturated rings. The third-order valence-corrected chi connectivity index (χ3v) is 5.34. The first-order valence-electron chi connectivity index (χ1n) is 10.1. The zero-order chi connectivity index (χ0) is 20.1. The number of piperidine rings is 1. The lowest BCUT2D eigenvalue weighted by Gasteiger charge is -2.32. The van der Waals surface area contributed by atoms with Gasteiger partial charge in [0, 0.05) is 18.8 Å². The number of aromatic nitrogens is 2. The summed E-state index contributed by atoms with van der Waals surface area (Å²) in [5.41, 5.74) is 2.58. The normalized spacial score (nSPS) is 14.7. The van der Waals surface area contributed by atoms with Crippen LogP contribution in [0.5, 0.6) is 0 Å². The predicted octanol–water partition coefficient (Wildman–Crippen LogP) is 4.09. The number of anilines is 1. The number of nitrogens with zero attached hydrogens (tertiary/aromatic N) is 3. The molecular formula is C23H26N4O2. The van der Waals surface area contributed by atoms with Gasteiger partial charge in [-0.1, -0.05) is 30.3 Å². The standard InChI is InChI=1S/C23H26N4O2/c1-17-14-21(26-23(25-17)24-16-20-8-5-13-29-20)22(28)27-11-9-19(10-12-27)15-18-6-3-2-4-7-18/h2-8,13-14,19H,9-12,15-16H2,1H3,(H,24,25,26). The number of benzene rings is 1. The van der Waals surface area contributed by atoms with Crippen LogP contribution in [0.25, 0.3) is 0 Å². The van der Waals surface area contributed by atoms with E-state index in [0.717, 1.165) is 43.8 Å². The van der Waals surface area contributed by atoms with Gasteiger partial charge in [-0.2, -0.15) is 0 Å². The molecule has 3 aromatic rings. The van der Waals surface area contributed by atoms with Crippen LogP contribution in [0.3, 0.4) is 0 Å². The quantitative estimate of drug-likeness (QED) is 0.687. The monoisotopic (exact) mass is 390 g/mol. The highest BCUT2D eigenvalue weighted by atomic mass is 16.3. The number of rotatable bonds is 6. The minimum Gasteiger partial charge on any atom is -0.467 e. The number of amides is 1. The zero-order valence-electron chi connectivity index (χ0n) is 16.7. The molecule has 29 heavy (non-hydrogen) atoms. The van der Waals surface area contributed by atoms with Crippen molar-refractivity contribution in [1.82, 2.24) is 14.9 Å². The molecule has 0 unspecified atom stereocenters. The maximum Gasteiger partial charge on any atom is 0.272 e. The van der Waals surface area contributed by atoms with Crippen molar-refractivity contribution < 1.29 is 9.21 Å². The third-order valence-electron chi connectivity index (χ3n) is 5.34. The van der Waals surface area contributed by atoms with Crippen molar-refractivity contribution in [2.75, 3.05) is 18.4 Å². The first-order valence-corrected chi connectivity index (χ1v) is 10.1. The summed E-state index contributed by atoms with van der Waals surface area (Å²) < 4.78 is 5.32. The van der Waals surface area contributed by atoms with Gasteiger partial charge in [-0.15, -0.1) is 0 Å². The summed E-state index contributed by atoms with van der Waals surface area (Å²) in [7, 11) is 0. The lowest BCUT2D eigenvalue weighted by Crippen LogP contribution is -2.39. The average molecular weight is 390 g/mol. The SMILES string of the molecule is Cc1cc(C(=O)N2CCC(Cc3ccccc3)CC2)nc(NCc2ccco2)n1. The number of carbonyl (C=O) groups is 1. The average Bonchev–Trinajstić information content (AvgIpc) is 3.26. The van der Waals surface area contributed by atoms with Crippen molar-refractivity contribution in [3.63, 3.8) is 0 Å². The molecule has 1 aliphatic rings. The molecule has 0 bridgehead atoms. The summed E-state index contributed by atoms with van der Waals surface area (Å²) in [4.78, 5) is 23.7. The minimum absolute atomic E-state index is 0.0188. The highest BCUT2D eigenvalue weighted by Crippen LogP contribution is 2.23. The van der Waals surface area contributed by atoms with Crippen LogP contribution in [-0.4, -0.2) is 33.9 Å². The van der Waals surface area contributed by atoms with Crippen molar-refractivity contribution in [3.8, 4) is 0 Å². The van der Waals surface area contributed by atoms with Gasteiger partial charge in [0.2, 0.25) is 5.95 Å². The minimum atomic E-state index is -0.0188. The second kappa shape index (κ2) is 8.90. The maximum atomic E-state index is 13.0. The molecule has 1 amide bonds. The molecule has 0 atom stereocenters. The van der Waals surface area contributed by atoms with Crippen molar-refractivity contribution >= 4 is 11.9 Å². The van der Waals surface area contributed by atoms with Crippen LogP contribution in [0, 0.1) is 12.8 Å². The van der Waals surface area contributed by atoms with E-state index < -0.39 is 0 Å². The second-order valence-corrected chi connectivity index (χ2v) is 7.58. The highest BCUT2D eigenvalue weighted by Gasteiger charge is 2.25. The van der Waals surface area contributed by atoms with Gasteiger partial charge in [0.05, 0.1) is 12.8 Å². The first kappa shape index (κ1) is 19.2. The van der Waals surface area contributed by atoms with Crippen LogP contribution in [0.2, 0.25) is 0 Å². The Hall–Kier alpha value is -3.15. The summed E-state index contributed by atoms with van der Waals surface area (Å²) in [5.74, 6) is 1.85. The summed E-state index contributed by atoms with van der Waals surface area (Å²) in [6.07, 6.45) is 4.75. The molecule has 0 radical (unpaired) electrons. The van der Waals surface area contributed by atoms with Crippen molar-refractivity contribution in [3.05, 3.63) is 77.5 Å². The van der Waals surface area contributed by atoms with Crippen molar-refractivity contribution in [1.29, 1.82) is 0 Å². The lowest BCUT2D eigenvalue weighted by molar-refractivity contribution is 0.0684. The fourth-order valence-corrected chi connectivity index (χ4v) is 3.79. The smallest absolute Gasteiger partial charge is 0.272 e. The van der Waals surface area contributed by atoms with E-state index in [0.29, 0.717) is 24.1 Å². The Labute approximate surface area is 171 Å². The molecule has 0 saturated carbocycles. The number of nitrogens with one attached hydrogen (secondary N) is 1. The first-order chi connectivity index (χ1) is 14.2. The summed E-state index contributed by atoms with van der Waals surface area (Å²) in [6, 6.07) is 16.1.